The Hall–Kier alpha value is -2.39. The van der Waals surface area contributed by atoms with Gasteiger partial charge in [0, 0.05) is 4.47 Å². The van der Waals surface area contributed by atoms with Crippen molar-refractivity contribution in [3.05, 3.63) is 90.5 Å². The standard InChI is InChI=1S/C25H24BrIN2O3/c1-16-4-5-17(2)20(10-16)13-24(30)29-28-14-19-11-22(27)25(23(12-19)31-3)32-15-18-6-8-21(26)9-7-18/h4-12,14H,13,15H2,1-3H3,(H,29,30)/b28-14+. The molecule has 0 unspecified atom stereocenters. The molecule has 0 aliphatic rings. The average Bonchev–Trinajstić information content (AvgIpc) is 2.76. The molecule has 0 aromatic heterocycles. The highest BCUT2D eigenvalue weighted by Crippen LogP contribution is 2.34. The van der Waals surface area contributed by atoms with Crippen LogP contribution in [0.5, 0.6) is 11.5 Å². The summed E-state index contributed by atoms with van der Waals surface area (Å²) < 4.78 is 13.4. The lowest BCUT2D eigenvalue weighted by Gasteiger charge is -2.13. The number of aryl methyl sites for hydroxylation is 2. The fourth-order valence-electron chi connectivity index (χ4n) is 3.07. The molecule has 0 fully saturated rings. The van der Waals surface area contributed by atoms with E-state index in [9.17, 15) is 4.79 Å². The Morgan fingerprint density at radius 1 is 1.12 bits per heavy atom. The van der Waals surface area contributed by atoms with Gasteiger partial charge in [-0.05, 0) is 83.0 Å². The Balaban J connectivity index is 1.64. The van der Waals surface area contributed by atoms with Crippen molar-refractivity contribution in [1.82, 2.24) is 5.43 Å². The fourth-order valence-corrected chi connectivity index (χ4v) is 4.12. The minimum atomic E-state index is -0.161. The predicted molar refractivity (Wildman–Crippen MR) is 140 cm³/mol. The van der Waals surface area contributed by atoms with Crippen LogP contribution in [0.4, 0.5) is 0 Å². The molecular weight excluding hydrogens is 583 g/mol. The zero-order valence-corrected chi connectivity index (χ0v) is 21.9. The van der Waals surface area contributed by atoms with Gasteiger partial charge in [-0.2, -0.15) is 5.10 Å². The molecule has 0 spiro atoms. The number of nitrogens with zero attached hydrogens (tertiary/aromatic N) is 1. The zero-order chi connectivity index (χ0) is 23.1. The summed E-state index contributed by atoms with van der Waals surface area (Å²) in [7, 11) is 1.60. The quantitative estimate of drug-likeness (QED) is 0.196. The molecule has 3 aromatic rings. The lowest BCUT2D eigenvalue weighted by atomic mass is 10.0. The lowest BCUT2D eigenvalue weighted by molar-refractivity contribution is -0.120. The Morgan fingerprint density at radius 2 is 1.88 bits per heavy atom. The van der Waals surface area contributed by atoms with Gasteiger partial charge in [0.2, 0.25) is 5.91 Å². The maximum Gasteiger partial charge on any atom is 0.244 e. The number of methoxy groups -OCH3 is 1. The minimum absolute atomic E-state index is 0.161. The smallest absolute Gasteiger partial charge is 0.244 e. The third kappa shape index (κ3) is 6.80. The van der Waals surface area contributed by atoms with Gasteiger partial charge >= 0.3 is 0 Å². The summed E-state index contributed by atoms with van der Waals surface area (Å²) in [5.41, 5.74) is 7.68. The molecule has 3 rings (SSSR count). The van der Waals surface area contributed by atoms with Gasteiger partial charge in [-0.3, -0.25) is 4.79 Å². The third-order valence-corrected chi connectivity index (χ3v) is 6.14. The first-order chi connectivity index (χ1) is 15.4. The zero-order valence-electron chi connectivity index (χ0n) is 18.1. The molecule has 1 amide bonds. The number of nitrogens with one attached hydrogen (secondary N) is 1. The number of carbonyl (C=O) groups is 1. The molecule has 1 N–H and O–H groups in total. The lowest BCUT2D eigenvalue weighted by Crippen LogP contribution is -2.20. The molecule has 7 heteroatoms. The van der Waals surface area contributed by atoms with E-state index >= 15 is 0 Å². The number of hydrazone groups is 1. The minimum Gasteiger partial charge on any atom is -0.493 e. The Kier molecular flexibility index (Phi) is 8.69. The summed E-state index contributed by atoms with van der Waals surface area (Å²) in [6.45, 7) is 4.45. The Bertz CT molecular complexity index is 1130. The first kappa shape index (κ1) is 24.3. The van der Waals surface area contributed by atoms with Crippen LogP contribution < -0.4 is 14.9 Å². The van der Waals surface area contributed by atoms with Gasteiger partial charge in [0.1, 0.15) is 6.61 Å². The summed E-state index contributed by atoms with van der Waals surface area (Å²) in [5, 5.41) is 4.11. The van der Waals surface area contributed by atoms with Crippen molar-refractivity contribution in [3.63, 3.8) is 0 Å². The van der Waals surface area contributed by atoms with Crippen molar-refractivity contribution in [2.45, 2.75) is 26.9 Å². The SMILES string of the molecule is COc1cc(/C=N/NC(=O)Cc2cc(C)ccc2C)cc(I)c1OCc1ccc(Br)cc1. The molecule has 0 bridgehead atoms. The van der Waals surface area contributed by atoms with Gasteiger partial charge in [0.15, 0.2) is 11.5 Å². The number of carbonyl (C=O) groups excluding carboxylic acids is 1. The molecule has 5 nitrogen and oxygen atoms in total. The van der Waals surface area contributed by atoms with Crippen LogP contribution >= 0.6 is 38.5 Å². The molecule has 0 aliphatic heterocycles. The van der Waals surface area contributed by atoms with Crippen molar-refractivity contribution < 1.29 is 14.3 Å². The summed E-state index contributed by atoms with van der Waals surface area (Å²) in [5.74, 6) is 1.12. The van der Waals surface area contributed by atoms with E-state index in [2.05, 4.69) is 49.0 Å². The molecule has 3 aromatic carbocycles. The van der Waals surface area contributed by atoms with E-state index in [1.54, 1.807) is 13.3 Å². The van der Waals surface area contributed by atoms with Crippen molar-refractivity contribution >= 4 is 50.6 Å². The van der Waals surface area contributed by atoms with Gasteiger partial charge in [-0.25, -0.2) is 5.43 Å². The van der Waals surface area contributed by atoms with Crippen LogP contribution in [0.1, 0.15) is 27.8 Å². The average molecular weight is 607 g/mol. The first-order valence-electron chi connectivity index (χ1n) is 9.98. The molecule has 0 radical (unpaired) electrons. The highest BCUT2D eigenvalue weighted by Gasteiger charge is 2.12. The van der Waals surface area contributed by atoms with Gasteiger partial charge in [-0.1, -0.05) is 51.8 Å². The van der Waals surface area contributed by atoms with Gasteiger partial charge in [-0.15, -0.1) is 0 Å². The number of rotatable bonds is 8. The topological polar surface area (TPSA) is 59.9 Å². The van der Waals surface area contributed by atoms with Crippen molar-refractivity contribution in [2.24, 2.45) is 5.10 Å². The van der Waals surface area contributed by atoms with Crippen LogP contribution in [0.2, 0.25) is 0 Å². The van der Waals surface area contributed by atoms with Gasteiger partial charge < -0.3 is 9.47 Å². The second-order valence-electron chi connectivity index (χ2n) is 7.35. The van der Waals surface area contributed by atoms with Crippen molar-refractivity contribution in [1.29, 1.82) is 0 Å². The van der Waals surface area contributed by atoms with Crippen LogP contribution in [0.15, 0.2) is 64.2 Å². The number of hydrogen-bond donors (Lipinski definition) is 1. The van der Waals surface area contributed by atoms with Crippen LogP contribution in [-0.2, 0) is 17.8 Å². The molecule has 0 atom stereocenters. The monoisotopic (exact) mass is 606 g/mol. The number of amides is 1. The Morgan fingerprint density at radius 3 is 2.59 bits per heavy atom. The number of halogens is 2. The molecule has 0 aliphatic carbocycles. The number of benzene rings is 3. The number of hydrogen-bond acceptors (Lipinski definition) is 4. The largest absolute Gasteiger partial charge is 0.493 e. The normalized spacial score (nSPS) is 10.9. The van der Waals surface area contributed by atoms with Crippen LogP contribution in [-0.4, -0.2) is 19.2 Å². The molecule has 32 heavy (non-hydrogen) atoms. The van der Waals surface area contributed by atoms with E-state index in [1.807, 2.05) is 68.4 Å². The van der Waals surface area contributed by atoms with E-state index < -0.39 is 0 Å². The third-order valence-electron chi connectivity index (χ3n) is 4.81. The molecule has 0 saturated carbocycles. The van der Waals surface area contributed by atoms with E-state index in [0.29, 0.717) is 18.1 Å². The summed E-state index contributed by atoms with van der Waals surface area (Å²) in [6.07, 6.45) is 1.89. The molecular formula is C25H24BrIN2O3. The maximum atomic E-state index is 12.3. The molecule has 166 valence electrons. The summed E-state index contributed by atoms with van der Waals surface area (Å²) in [6, 6.07) is 17.8. The Labute approximate surface area is 210 Å². The van der Waals surface area contributed by atoms with Crippen molar-refractivity contribution in [3.8, 4) is 11.5 Å². The second kappa shape index (κ2) is 11.5. The highest BCUT2D eigenvalue weighted by atomic mass is 127. The van der Waals surface area contributed by atoms with Crippen LogP contribution in [0, 0.1) is 17.4 Å². The molecule has 0 saturated heterocycles. The van der Waals surface area contributed by atoms with Crippen molar-refractivity contribution in [2.75, 3.05) is 7.11 Å². The first-order valence-corrected chi connectivity index (χ1v) is 11.9. The predicted octanol–water partition coefficient (Wildman–Crippen LogP) is 5.95. The molecule has 0 heterocycles. The van der Waals surface area contributed by atoms with E-state index in [-0.39, 0.29) is 12.3 Å². The summed E-state index contributed by atoms with van der Waals surface area (Å²) >= 11 is 5.64. The number of ether oxygens (including phenoxy) is 2. The van der Waals surface area contributed by atoms with Crippen LogP contribution in [0.25, 0.3) is 0 Å². The fraction of sp³-hybridized carbons (Fsp3) is 0.200. The van der Waals surface area contributed by atoms with Gasteiger partial charge in [0.25, 0.3) is 0 Å². The van der Waals surface area contributed by atoms with Crippen LogP contribution in [0.3, 0.4) is 0 Å². The maximum absolute atomic E-state index is 12.3. The second-order valence-corrected chi connectivity index (χ2v) is 9.43. The highest BCUT2D eigenvalue weighted by molar-refractivity contribution is 14.1. The van der Waals surface area contributed by atoms with E-state index in [4.69, 9.17) is 9.47 Å². The van der Waals surface area contributed by atoms with Gasteiger partial charge in [0.05, 0.1) is 23.3 Å². The van der Waals surface area contributed by atoms with E-state index in [0.717, 1.165) is 35.9 Å². The summed E-state index contributed by atoms with van der Waals surface area (Å²) in [4.78, 5) is 12.3. The van der Waals surface area contributed by atoms with E-state index in [1.165, 1.54) is 0 Å².